The largest absolute Gasteiger partial charge is 0.451 e. The molecule has 1 heterocycles. The van der Waals surface area contributed by atoms with Crippen LogP contribution >= 0.6 is 15.9 Å². The molecule has 3 aromatic rings. The molecule has 0 amide bonds. The Morgan fingerprint density at radius 2 is 1.58 bits per heavy atom. The molecule has 6 heteroatoms. The molecular weight excluding hydrogens is 372 g/mol. The summed E-state index contributed by atoms with van der Waals surface area (Å²) in [6.45, 7) is 1.56. The van der Waals surface area contributed by atoms with Gasteiger partial charge in [0, 0.05) is 22.4 Å². The van der Waals surface area contributed by atoms with Crippen LogP contribution in [-0.2, 0) is 4.74 Å². The number of carbonyl (C=O) groups excluding carboxylic acids is 2. The highest BCUT2D eigenvalue weighted by Crippen LogP contribution is 2.15. The first-order valence-corrected chi connectivity index (χ1v) is 8.05. The summed E-state index contributed by atoms with van der Waals surface area (Å²) in [7, 11) is 0. The summed E-state index contributed by atoms with van der Waals surface area (Å²) >= 11 is 3.31. The summed E-state index contributed by atoms with van der Waals surface area (Å²) < 4.78 is 6.16. The van der Waals surface area contributed by atoms with Crippen LogP contribution in [0, 0.1) is 0 Å². The third kappa shape index (κ3) is 3.49. The maximum Gasteiger partial charge on any atom is 0.338 e. The van der Waals surface area contributed by atoms with E-state index >= 15 is 0 Å². The zero-order valence-electron chi connectivity index (χ0n) is 12.8. The number of ketones is 1. The molecule has 0 bridgehead atoms. The second-order valence-corrected chi connectivity index (χ2v) is 6.09. The molecule has 2 aromatic carbocycles. The number of ether oxygens (including phenoxy) is 1. The molecule has 0 aliphatic heterocycles. The van der Waals surface area contributed by atoms with Crippen molar-refractivity contribution < 1.29 is 14.3 Å². The third-order valence-electron chi connectivity index (χ3n) is 3.49. The highest BCUT2D eigenvalue weighted by Gasteiger charge is 2.20. The molecule has 0 N–H and O–H groups in total. The normalized spacial score (nSPS) is 11.9. The lowest BCUT2D eigenvalue weighted by molar-refractivity contribution is 0.0319. The third-order valence-corrected chi connectivity index (χ3v) is 4.02. The van der Waals surface area contributed by atoms with E-state index in [1.54, 1.807) is 61.8 Å². The van der Waals surface area contributed by atoms with Gasteiger partial charge in [0.15, 0.2) is 6.10 Å². The number of hydrogen-bond donors (Lipinski definition) is 0. The van der Waals surface area contributed by atoms with Crippen molar-refractivity contribution in [3.63, 3.8) is 0 Å². The lowest BCUT2D eigenvalue weighted by atomic mass is 10.1. The number of hydrogen-bond acceptors (Lipinski definition) is 5. The van der Waals surface area contributed by atoms with Crippen LogP contribution < -0.4 is 0 Å². The Kier molecular flexibility index (Phi) is 4.66. The molecule has 24 heavy (non-hydrogen) atoms. The fraction of sp³-hybridized carbons (Fsp3) is 0.111. The molecule has 0 saturated heterocycles. The van der Waals surface area contributed by atoms with Crippen molar-refractivity contribution in [3.8, 4) is 0 Å². The first-order chi connectivity index (χ1) is 11.5. The van der Waals surface area contributed by atoms with Crippen LogP contribution in [0.15, 0.2) is 59.3 Å². The Bertz CT molecular complexity index is 910. The van der Waals surface area contributed by atoms with E-state index in [0.29, 0.717) is 22.2 Å². The minimum atomic E-state index is -0.878. The highest BCUT2D eigenvalue weighted by molar-refractivity contribution is 9.10. The van der Waals surface area contributed by atoms with Gasteiger partial charge in [0.05, 0.1) is 16.6 Å². The molecule has 0 aliphatic carbocycles. The second kappa shape index (κ2) is 6.88. The van der Waals surface area contributed by atoms with Gasteiger partial charge in [0.1, 0.15) is 0 Å². The number of carbonyl (C=O) groups is 2. The number of Topliss-reactive ketones (excluding diaryl/α,β-unsaturated/α-hetero) is 1. The van der Waals surface area contributed by atoms with Gasteiger partial charge in [-0.15, -0.1) is 0 Å². The smallest absolute Gasteiger partial charge is 0.338 e. The van der Waals surface area contributed by atoms with E-state index in [1.807, 2.05) is 0 Å². The molecule has 1 atom stereocenters. The summed E-state index contributed by atoms with van der Waals surface area (Å²) in [5.74, 6) is -0.822. The van der Waals surface area contributed by atoms with Crippen molar-refractivity contribution in [1.29, 1.82) is 0 Å². The van der Waals surface area contributed by atoms with Gasteiger partial charge < -0.3 is 4.74 Å². The van der Waals surface area contributed by atoms with Crippen molar-refractivity contribution in [2.45, 2.75) is 13.0 Å². The average Bonchev–Trinajstić information content (AvgIpc) is 2.61. The van der Waals surface area contributed by atoms with Crippen molar-refractivity contribution in [1.82, 2.24) is 9.97 Å². The monoisotopic (exact) mass is 384 g/mol. The maximum absolute atomic E-state index is 12.3. The number of aromatic nitrogens is 2. The van der Waals surface area contributed by atoms with Crippen molar-refractivity contribution in [2.24, 2.45) is 0 Å². The fourth-order valence-electron chi connectivity index (χ4n) is 2.22. The molecule has 0 fully saturated rings. The molecule has 1 aromatic heterocycles. The topological polar surface area (TPSA) is 69.2 Å². The number of esters is 1. The summed E-state index contributed by atoms with van der Waals surface area (Å²) in [6, 6.07) is 11.8. The van der Waals surface area contributed by atoms with Gasteiger partial charge in [-0.1, -0.05) is 28.1 Å². The molecule has 0 radical (unpaired) electrons. The van der Waals surface area contributed by atoms with Gasteiger partial charge in [-0.3, -0.25) is 14.8 Å². The zero-order chi connectivity index (χ0) is 17.1. The molecule has 0 spiro atoms. The quantitative estimate of drug-likeness (QED) is 0.505. The Balaban J connectivity index is 1.75. The van der Waals surface area contributed by atoms with Gasteiger partial charge in [-0.25, -0.2) is 4.79 Å². The van der Waals surface area contributed by atoms with Crippen molar-refractivity contribution in [3.05, 3.63) is 70.5 Å². The number of rotatable bonds is 4. The summed E-state index contributed by atoms with van der Waals surface area (Å²) in [6.07, 6.45) is 2.26. The van der Waals surface area contributed by atoms with E-state index in [9.17, 15) is 9.59 Å². The van der Waals surface area contributed by atoms with E-state index < -0.39 is 12.1 Å². The van der Waals surface area contributed by atoms with Crippen LogP contribution in [0.25, 0.3) is 11.0 Å². The molecule has 0 aliphatic rings. The van der Waals surface area contributed by atoms with Gasteiger partial charge >= 0.3 is 5.97 Å². The van der Waals surface area contributed by atoms with Gasteiger partial charge in [-0.2, -0.15) is 0 Å². The molecule has 0 saturated carbocycles. The van der Waals surface area contributed by atoms with Gasteiger partial charge in [0.25, 0.3) is 0 Å². The predicted octanol–water partition coefficient (Wildman–Crippen LogP) is 3.82. The number of nitrogens with zero attached hydrogens (tertiary/aromatic N) is 2. The Morgan fingerprint density at radius 3 is 2.29 bits per heavy atom. The average molecular weight is 385 g/mol. The lowest BCUT2D eigenvalue weighted by Crippen LogP contribution is -2.24. The molecule has 3 rings (SSSR count). The van der Waals surface area contributed by atoms with Crippen LogP contribution in [0.5, 0.6) is 0 Å². The SMILES string of the molecule is C[C@H](OC(=O)c1ccc2nccnc2c1)C(=O)c1ccc(Br)cc1. The molecular formula is C18H13BrN2O3. The molecule has 5 nitrogen and oxygen atoms in total. The number of halogens is 1. The van der Waals surface area contributed by atoms with E-state index in [2.05, 4.69) is 25.9 Å². The first kappa shape index (κ1) is 16.3. The van der Waals surface area contributed by atoms with Crippen LogP contribution in [0.1, 0.15) is 27.6 Å². The van der Waals surface area contributed by atoms with Gasteiger partial charge in [-0.05, 0) is 37.3 Å². The summed E-state index contributed by atoms with van der Waals surface area (Å²) in [5, 5.41) is 0. The fourth-order valence-corrected chi connectivity index (χ4v) is 2.49. The predicted molar refractivity (Wildman–Crippen MR) is 92.9 cm³/mol. The Hall–Kier alpha value is -2.60. The standard InChI is InChI=1S/C18H13BrN2O3/c1-11(17(22)12-2-5-14(19)6-3-12)24-18(23)13-4-7-15-16(10-13)21-9-8-20-15/h2-11H,1H3/t11-/m0/s1. The van der Waals surface area contributed by atoms with Crippen LogP contribution in [0.4, 0.5) is 0 Å². The number of benzene rings is 2. The summed E-state index contributed by atoms with van der Waals surface area (Å²) in [4.78, 5) is 32.9. The van der Waals surface area contributed by atoms with E-state index in [-0.39, 0.29) is 5.78 Å². The second-order valence-electron chi connectivity index (χ2n) is 5.18. The van der Waals surface area contributed by atoms with E-state index in [4.69, 9.17) is 4.74 Å². The minimum absolute atomic E-state index is 0.253. The Morgan fingerprint density at radius 1 is 0.958 bits per heavy atom. The van der Waals surface area contributed by atoms with Crippen molar-refractivity contribution >= 4 is 38.7 Å². The van der Waals surface area contributed by atoms with E-state index in [1.165, 1.54) is 0 Å². The van der Waals surface area contributed by atoms with Crippen LogP contribution in [0.2, 0.25) is 0 Å². The molecule has 0 unspecified atom stereocenters. The number of fused-ring (bicyclic) bond motifs is 1. The first-order valence-electron chi connectivity index (χ1n) is 7.26. The summed E-state index contributed by atoms with van der Waals surface area (Å²) in [5.41, 5.74) is 2.10. The van der Waals surface area contributed by atoms with Gasteiger partial charge in [0.2, 0.25) is 5.78 Å². The molecule has 120 valence electrons. The van der Waals surface area contributed by atoms with Crippen LogP contribution in [0.3, 0.4) is 0 Å². The van der Waals surface area contributed by atoms with Crippen molar-refractivity contribution in [2.75, 3.05) is 0 Å². The Labute approximate surface area is 146 Å². The zero-order valence-corrected chi connectivity index (χ0v) is 14.4. The highest BCUT2D eigenvalue weighted by atomic mass is 79.9. The lowest BCUT2D eigenvalue weighted by Gasteiger charge is -2.12. The maximum atomic E-state index is 12.3. The van der Waals surface area contributed by atoms with E-state index in [0.717, 1.165) is 4.47 Å². The van der Waals surface area contributed by atoms with Crippen LogP contribution in [-0.4, -0.2) is 27.8 Å². The minimum Gasteiger partial charge on any atom is -0.451 e.